The zero-order chi connectivity index (χ0) is 17.9. The SMILES string of the molecule is CN(C)S(=O)(=O)c1csc(C(=O)N[C@@H](C(=O)O)c2ccccc2)c1. The highest BCUT2D eigenvalue weighted by Crippen LogP contribution is 2.22. The van der Waals surface area contributed by atoms with E-state index in [4.69, 9.17) is 0 Å². The second-order valence-corrected chi connectivity index (χ2v) is 8.15. The highest BCUT2D eigenvalue weighted by atomic mass is 32.2. The van der Waals surface area contributed by atoms with E-state index in [0.29, 0.717) is 5.56 Å². The first-order valence-electron chi connectivity index (χ1n) is 6.83. The molecule has 1 amide bonds. The molecule has 128 valence electrons. The number of thiophene rings is 1. The van der Waals surface area contributed by atoms with Crippen LogP contribution in [-0.4, -0.2) is 43.8 Å². The molecule has 0 fully saturated rings. The molecule has 0 aliphatic rings. The topological polar surface area (TPSA) is 104 Å². The molecule has 0 aliphatic heterocycles. The molecular weight excluding hydrogens is 352 g/mol. The van der Waals surface area contributed by atoms with Crippen LogP contribution in [0.25, 0.3) is 0 Å². The Balaban J connectivity index is 2.23. The van der Waals surface area contributed by atoms with E-state index in [1.165, 1.54) is 25.5 Å². The van der Waals surface area contributed by atoms with Crippen LogP contribution in [0.3, 0.4) is 0 Å². The van der Waals surface area contributed by atoms with E-state index in [1.807, 2.05) is 0 Å². The predicted octanol–water partition coefficient (Wildman–Crippen LogP) is 1.55. The van der Waals surface area contributed by atoms with Gasteiger partial charge in [0, 0.05) is 19.5 Å². The van der Waals surface area contributed by atoms with E-state index in [1.54, 1.807) is 30.3 Å². The molecule has 0 aliphatic carbocycles. The zero-order valence-electron chi connectivity index (χ0n) is 13.0. The highest BCUT2D eigenvalue weighted by Gasteiger charge is 2.25. The highest BCUT2D eigenvalue weighted by molar-refractivity contribution is 7.89. The number of carbonyl (C=O) groups is 2. The summed E-state index contributed by atoms with van der Waals surface area (Å²) >= 11 is 0.940. The molecule has 2 rings (SSSR count). The summed E-state index contributed by atoms with van der Waals surface area (Å²) in [5.41, 5.74) is 0.427. The number of hydrogen-bond donors (Lipinski definition) is 2. The molecule has 0 saturated carbocycles. The quantitative estimate of drug-likeness (QED) is 0.805. The van der Waals surface area contributed by atoms with Crippen LogP contribution in [0, 0.1) is 0 Å². The molecule has 2 N–H and O–H groups in total. The lowest BCUT2D eigenvalue weighted by molar-refractivity contribution is -0.139. The second kappa shape index (κ2) is 7.12. The minimum atomic E-state index is -3.64. The van der Waals surface area contributed by atoms with Gasteiger partial charge in [0.15, 0.2) is 6.04 Å². The summed E-state index contributed by atoms with van der Waals surface area (Å²) in [5.74, 6) is -1.84. The number of rotatable bonds is 6. The van der Waals surface area contributed by atoms with Crippen LogP contribution in [-0.2, 0) is 14.8 Å². The molecule has 0 saturated heterocycles. The van der Waals surface area contributed by atoms with Crippen molar-refractivity contribution in [2.24, 2.45) is 0 Å². The molecule has 24 heavy (non-hydrogen) atoms. The van der Waals surface area contributed by atoms with Crippen LogP contribution < -0.4 is 5.32 Å². The largest absolute Gasteiger partial charge is 0.479 e. The number of sulfonamides is 1. The third-order valence-corrected chi connectivity index (χ3v) is 6.10. The average molecular weight is 368 g/mol. The number of benzene rings is 1. The Bertz CT molecular complexity index is 844. The summed E-state index contributed by atoms with van der Waals surface area (Å²) in [4.78, 5) is 23.8. The molecule has 0 unspecified atom stereocenters. The number of nitrogens with zero attached hydrogens (tertiary/aromatic N) is 1. The minimum Gasteiger partial charge on any atom is -0.479 e. The van der Waals surface area contributed by atoms with Gasteiger partial charge in [0.2, 0.25) is 10.0 Å². The zero-order valence-corrected chi connectivity index (χ0v) is 14.6. The van der Waals surface area contributed by atoms with Gasteiger partial charge in [-0.1, -0.05) is 30.3 Å². The van der Waals surface area contributed by atoms with E-state index in [2.05, 4.69) is 5.32 Å². The average Bonchev–Trinajstić information content (AvgIpc) is 3.03. The molecule has 0 spiro atoms. The Morgan fingerprint density at radius 1 is 1.21 bits per heavy atom. The Labute approximate surface area is 143 Å². The molecule has 7 nitrogen and oxygen atoms in total. The van der Waals surface area contributed by atoms with Crippen LogP contribution in [0.4, 0.5) is 0 Å². The van der Waals surface area contributed by atoms with Gasteiger partial charge in [-0.05, 0) is 11.6 Å². The standard InChI is InChI=1S/C15H16N2O5S2/c1-17(2)24(21,22)11-8-12(23-9-11)14(18)16-13(15(19)20)10-6-4-3-5-7-10/h3-9,13H,1-2H3,(H,16,18)(H,19,20)/t13-/m1/s1. The Morgan fingerprint density at radius 2 is 1.83 bits per heavy atom. The van der Waals surface area contributed by atoms with Crippen molar-refractivity contribution in [1.29, 1.82) is 0 Å². The van der Waals surface area contributed by atoms with Crippen LogP contribution in [0.5, 0.6) is 0 Å². The fourth-order valence-corrected chi connectivity index (χ4v) is 3.99. The molecule has 1 aromatic heterocycles. The van der Waals surface area contributed by atoms with Crippen molar-refractivity contribution in [3.63, 3.8) is 0 Å². The maximum atomic E-state index is 12.3. The van der Waals surface area contributed by atoms with Crippen LogP contribution in [0.1, 0.15) is 21.3 Å². The lowest BCUT2D eigenvalue weighted by Gasteiger charge is -2.14. The van der Waals surface area contributed by atoms with E-state index >= 15 is 0 Å². The van der Waals surface area contributed by atoms with Gasteiger partial charge in [0.05, 0.1) is 9.77 Å². The molecule has 1 heterocycles. The van der Waals surface area contributed by atoms with Crippen LogP contribution in [0.2, 0.25) is 0 Å². The number of carboxylic acids is 1. The molecular formula is C15H16N2O5S2. The van der Waals surface area contributed by atoms with Crippen molar-refractivity contribution in [1.82, 2.24) is 9.62 Å². The van der Waals surface area contributed by atoms with Gasteiger partial charge in [0.1, 0.15) is 0 Å². The number of amides is 1. The van der Waals surface area contributed by atoms with Gasteiger partial charge in [0.25, 0.3) is 5.91 Å². The Hall–Kier alpha value is -2.23. The first kappa shape index (κ1) is 18.1. The normalized spacial score (nSPS) is 12.8. The molecule has 0 radical (unpaired) electrons. The van der Waals surface area contributed by atoms with Gasteiger partial charge >= 0.3 is 5.97 Å². The third kappa shape index (κ3) is 3.81. The first-order chi connectivity index (χ1) is 11.2. The second-order valence-electron chi connectivity index (χ2n) is 5.09. The van der Waals surface area contributed by atoms with Crippen molar-refractivity contribution in [2.45, 2.75) is 10.9 Å². The summed E-state index contributed by atoms with van der Waals surface area (Å²) < 4.78 is 25.1. The fourth-order valence-electron chi connectivity index (χ4n) is 1.92. The maximum Gasteiger partial charge on any atom is 0.330 e. The van der Waals surface area contributed by atoms with Crippen molar-refractivity contribution < 1.29 is 23.1 Å². The summed E-state index contributed by atoms with van der Waals surface area (Å²) in [6, 6.07) is 8.29. The maximum absolute atomic E-state index is 12.3. The van der Waals surface area contributed by atoms with Gasteiger partial charge in [-0.25, -0.2) is 17.5 Å². The molecule has 2 aromatic rings. The first-order valence-corrected chi connectivity index (χ1v) is 9.15. The van der Waals surface area contributed by atoms with Crippen LogP contribution in [0.15, 0.2) is 46.7 Å². The molecule has 1 aromatic carbocycles. The Kier molecular flexibility index (Phi) is 5.37. The smallest absolute Gasteiger partial charge is 0.330 e. The monoisotopic (exact) mass is 368 g/mol. The van der Waals surface area contributed by atoms with Crippen molar-refractivity contribution in [3.8, 4) is 0 Å². The van der Waals surface area contributed by atoms with E-state index < -0.39 is 27.9 Å². The molecule has 0 bridgehead atoms. The molecule has 1 atom stereocenters. The fraction of sp³-hybridized carbons (Fsp3) is 0.200. The minimum absolute atomic E-state index is 0.00534. The van der Waals surface area contributed by atoms with Gasteiger partial charge in [-0.3, -0.25) is 4.79 Å². The number of hydrogen-bond acceptors (Lipinski definition) is 5. The predicted molar refractivity (Wildman–Crippen MR) is 89.5 cm³/mol. The third-order valence-electron chi connectivity index (χ3n) is 3.23. The van der Waals surface area contributed by atoms with Crippen molar-refractivity contribution >= 4 is 33.2 Å². The summed E-state index contributed by atoms with van der Waals surface area (Å²) in [6.45, 7) is 0. The lowest BCUT2D eigenvalue weighted by Crippen LogP contribution is -2.33. The van der Waals surface area contributed by atoms with Gasteiger partial charge < -0.3 is 10.4 Å². The van der Waals surface area contributed by atoms with Crippen molar-refractivity contribution in [3.05, 3.63) is 52.2 Å². The number of carbonyl (C=O) groups excluding carboxylic acids is 1. The van der Waals surface area contributed by atoms with Crippen LogP contribution >= 0.6 is 11.3 Å². The number of carboxylic acid groups (broad SMARTS) is 1. The summed E-state index contributed by atoms with van der Waals surface area (Å²) in [7, 11) is -0.856. The molecule has 9 heteroatoms. The van der Waals surface area contributed by atoms with Gasteiger partial charge in [-0.2, -0.15) is 0 Å². The Morgan fingerprint density at radius 3 is 2.38 bits per heavy atom. The van der Waals surface area contributed by atoms with E-state index in [-0.39, 0.29) is 9.77 Å². The van der Waals surface area contributed by atoms with Gasteiger partial charge in [-0.15, -0.1) is 11.3 Å². The van der Waals surface area contributed by atoms with Crippen molar-refractivity contribution in [2.75, 3.05) is 14.1 Å². The number of nitrogens with one attached hydrogen (secondary N) is 1. The number of aliphatic carboxylic acids is 1. The van der Waals surface area contributed by atoms with E-state index in [9.17, 15) is 23.1 Å². The van der Waals surface area contributed by atoms with E-state index in [0.717, 1.165) is 15.6 Å². The lowest BCUT2D eigenvalue weighted by atomic mass is 10.1. The summed E-state index contributed by atoms with van der Waals surface area (Å²) in [5, 5.41) is 13.1. The summed E-state index contributed by atoms with van der Waals surface area (Å²) in [6.07, 6.45) is 0.